The number of alkyl halides is 1. The van der Waals surface area contributed by atoms with Crippen LogP contribution in [0, 0.1) is 0 Å². The highest BCUT2D eigenvalue weighted by Crippen LogP contribution is 2.21. The minimum absolute atomic E-state index is 0.714. The SMILES string of the molecule is CCN(CC)C1C=CC(I)CC1. The number of hydrogen-bond acceptors (Lipinski definition) is 1. The van der Waals surface area contributed by atoms with E-state index in [1.54, 1.807) is 0 Å². The summed E-state index contributed by atoms with van der Waals surface area (Å²) in [5.41, 5.74) is 0. The van der Waals surface area contributed by atoms with Crippen molar-refractivity contribution in [1.82, 2.24) is 4.90 Å². The molecular weight excluding hydrogens is 261 g/mol. The van der Waals surface area contributed by atoms with Gasteiger partial charge in [-0.1, -0.05) is 48.6 Å². The van der Waals surface area contributed by atoms with Gasteiger partial charge >= 0.3 is 0 Å². The second-order valence-corrected chi connectivity index (χ2v) is 4.87. The van der Waals surface area contributed by atoms with Gasteiger partial charge in [0.1, 0.15) is 0 Å². The summed E-state index contributed by atoms with van der Waals surface area (Å²) in [5.74, 6) is 0. The van der Waals surface area contributed by atoms with E-state index in [1.807, 2.05) is 0 Å². The van der Waals surface area contributed by atoms with Crippen molar-refractivity contribution in [2.75, 3.05) is 13.1 Å². The van der Waals surface area contributed by atoms with Crippen molar-refractivity contribution in [1.29, 1.82) is 0 Å². The fourth-order valence-electron chi connectivity index (χ4n) is 1.77. The maximum atomic E-state index is 2.53. The standard InChI is InChI=1S/C10H18IN/c1-3-12(4-2)10-7-5-9(11)6-8-10/h5,7,9-10H,3-4,6,8H2,1-2H3. The molecule has 0 saturated heterocycles. The van der Waals surface area contributed by atoms with Gasteiger partial charge in [-0.3, -0.25) is 4.90 Å². The van der Waals surface area contributed by atoms with Gasteiger partial charge in [-0.2, -0.15) is 0 Å². The molecule has 1 aliphatic rings. The first kappa shape index (κ1) is 10.5. The normalized spacial score (nSPS) is 29.7. The summed E-state index contributed by atoms with van der Waals surface area (Å²) in [6.45, 7) is 6.84. The molecule has 0 heterocycles. The van der Waals surface area contributed by atoms with Crippen molar-refractivity contribution in [2.45, 2.75) is 36.7 Å². The number of halogens is 1. The predicted molar refractivity (Wildman–Crippen MR) is 62.9 cm³/mol. The van der Waals surface area contributed by atoms with E-state index >= 15 is 0 Å². The van der Waals surface area contributed by atoms with E-state index < -0.39 is 0 Å². The Morgan fingerprint density at radius 2 is 1.92 bits per heavy atom. The first-order valence-corrected chi connectivity index (χ1v) is 6.09. The Hall–Kier alpha value is 0.430. The molecule has 0 saturated carbocycles. The first-order valence-electron chi connectivity index (χ1n) is 4.84. The van der Waals surface area contributed by atoms with E-state index in [2.05, 4.69) is 53.5 Å². The zero-order valence-electron chi connectivity index (χ0n) is 7.96. The quantitative estimate of drug-likeness (QED) is 0.436. The Bertz CT molecular complexity index is 152. The summed E-state index contributed by atoms with van der Waals surface area (Å²) in [4.78, 5) is 2.53. The van der Waals surface area contributed by atoms with Crippen LogP contribution in [0.5, 0.6) is 0 Å². The summed E-state index contributed by atoms with van der Waals surface area (Å²) < 4.78 is 0.773. The molecule has 0 bridgehead atoms. The Labute approximate surface area is 89.3 Å². The number of hydrogen-bond donors (Lipinski definition) is 0. The highest BCUT2D eigenvalue weighted by molar-refractivity contribution is 14.1. The van der Waals surface area contributed by atoms with Crippen LogP contribution >= 0.6 is 22.6 Å². The van der Waals surface area contributed by atoms with Gasteiger partial charge in [0.2, 0.25) is 0 Å². The Morgan fingerprint density at radius 3 is 2.33 bits per heavy atom. The largest absolute Gasteiger partial charge is 0.297 e. The van der Waals surface area contributed by atoms with Gasteiger partial charge < -0.3 is 0 Å². The average Bonchev–Trinajstić information content (AvgIpc) is 2.10. The second-order valence-electron chi connectivity index (χ2n) is 3.27. The number of allylic oxidation sites excluding steroid dienone is 1. The Balaban J connectivity index is 2.47. The van der Waals surface area contributed by atoms with Crippen LogP contribution in [-0.2, 0) is 0 Å². The van der Waals surface area contributed by atoms with Crippen LogP contribution < -0.4 is 0 Å². The zero-order valence-corrected chi connectivity index (χ0v) is 10.1. The summed E-state index contributed by atoms with van der Waals surface area (Å²) >= 11 is 2.51. The molecule has 2 unspecified atom stereocenters. The van der Waals surface area contributed by atoms with E-state index in [0.29, 0.717) is 6.04 Å². The lowest BCUT2D eigenvalue weighted by molar-refractivity contribution is 0.237. The van der Waals surface area contributed by atoms with Crippen LogP contribution in [0.2, 0.25) is 0 Å². The molecule has 1 nitrogen and oxygen atoms in total. The van der Waals surface area contributed by atoms with E-state index in [-0.39, 0.29) is 0 Å². The van der Waals surface area contributed by atoms with Crippen LogP contribution in [0.25, 0.3) is 0 Å². The van der Waals surface area contributed by atoms with Crippen molar-refractivity contribution in [3.63, 3.8) is 0 Å². The van der Waals surface area contributed by atoms with Crippen molar-refractivity contribution in [3.8, 4) is 0 Å². The van der Waals surface area contributed by atoms with E-state index in [9.17, 15) is 0 Å². The van der Waals surface area contributed by atoms with E-state index in [1.165, 1.54) is 25.9 Å². The molecule has 2 heteroatoms. The molecule has 0 aliphatic heterocycles. The van der Waals surface area contributed by atoms with Crippen LogP contribution in [-0.4, -0.2) is 28.0 Å². The molecule has 0 spiro atoms. The molecule has 12 heavy (non-hydrogen) atoms. The average molecular weight is 279 g/mol. The second kappa shape index (κ2) is 5.22. The van der Waals surface area contributed by atoms with Gasteiger partial charge in [-0.05, 0) is 25.9 Å². The molecule has 0 amide bonds. The minimum Gasteiger partial charge on any atom is -0.297 e. The van der Waals surface area contributed by atoms with Crippen LogP contribution in [0.1, 0.15) is 26.7 Å². The molecule has 0 fully saturated rings. The lowest BCUT2D eigenvalue weighted by Crippen LogP contribution is -2.35. The topological polar surface area (TPSA) is 3.24 Å². The molecule has 0 radical (unpaired) electrons. The van der Waals surface area contributed by atoms with E-state index in [4.69, 9.17) is 0 Å². The van der Waals surface area contributed by atoms with Crippen molar-refractivity contribution in [2.24, 2.45) is 0 Å². The third-order valence-electron chi connectivity index (χ3n) is 2.56. The van der Waals surface area contributed by atoms with Gasteiger partial charge in [0, 0.05) is 9.97 Å². The predicted octanol–water partition coefficient (Wildman–Crippen LogP) is 2.85. The van der Waals surface area contributed by atoms with Crippen LogP contribution in [0.3, 0.4) is 0 Å². The number of nitrogens with zero attached hydrogens (tertiary/aromatic N) is 1. The van der Waals surface area contributed by atoms with Gasteiger partial charge in [0.05, 0.1) is 0 Å². The molecular formula is C10H18IN. The Kier molecular flexibility index (Phi) is 4.57. The Morgan fingerprint density at radius 1 is 1.25 bits per heavy atom. The maximum absolute atomic E-state index is 2.53. The summed E-state index contributed by atoms with van der Waals surface area (Å²) in [7, 11) is 0. The molecule has 0 aromatic rings. The lowest BCUT2D eigenvalue weighted by Gasteiger charge is -2.30. The zero-order chi connectivity index (χ0) is 8.97. The highest BCUT2D eigenvalue weighted by Gasteiger charge is 2.17. The fourth-order valence-corrected chi connectivity index (χ4v) is 2.37. The third-order valence-corrected chi connectivity index (χ3v) is 3.60. The maximum Gasteiger partial charge on any atom is 0.0290 e. The number of likely N-dealkylation sites (N-methyl/N-ethyl adjacent to an activating group) is 1. The van der Waals surface area contributed by atoms with Crippen LogP contribution in [0.15, 0.2) is 12.2 Å². The van der Waals surface area contributed by atoms with Gasteiger partial charge in [-0.25, -0.2) is 0 Å². The van der Waals surface area contributed by atoms with Gasteiger partial charge in [0.15, 0.2) is 0 Å². The van der Waals surface area contributed by atoms with Crippen molar-refractivity contribution in [3.05, 3.63) is 12.2 Å². The molecule has 0 aromatic carbocycles. The van der Waals surface area contributed by atoms with E-state index in [0.717, 1.165) is 3.92 Å². The highest BCUT2D eigenvalue weighted by atomic mass is 127. The molecule has 0 N–H and O–H groups in total. The van der Waals surface area contributed by atoms with Crippen LogP contribution in [0.4, 0.5) is 0 Å². The monoisotopic (exact) mass is 279 g/mol. The lowest BCUT2D eigenvalue weighted by atomic mass is 10.0. The summed E-state index contributed by atoms with van der Waals surface area (Å²) in [6, 6.07) is 0.714. The number of rotatable bonds is 3. The van der Waals surface area contributed by atoms with Gasteiger partial charge in [0.25, 0.3) is 0 Å². The molecule has 0 aromatic heterocycles. The van der Waals surface area contributed by atoms with Crippen molar-refractivity contribution < 1.29 is 0 Å². The van der Waals surface area contributed by atoms with Crippen molar-refractivity contribution >= 4 is 22.6 Å². The molecule has 1 rings (SSSR count). The third kappa shape index (κ3) is 2.73. The summed E-state index contributed by atoms with van der Waals surface area (Å²) in [6.07, 6.45) is 7.42. The molecule has 1 aliphatic carbocycles. The summed E-state index contributed by atoms with van der Waals surface area (Å²) in [5, 5.41) is 0. The smallest absolute Gasteiger partial charge is 0.0290 e. The molecule has 70 valence electrons. The minimum atomic E-state index is 0.714. The molecule has 2 atom stereocenters. The van der Waals surface area contributed by atoms with Gasteiger partial charge in [-0.15, -0.1) is 0 Å². The first-order chi connectivity index (χ1) is 5.77. The fraction of sp³-hybridized carbons (Fsp3) is 0.800.